The lowest BCUT2D eigenvalue weighted by atomic mass is 9.79. The molecule has 1 N–H and O–H groups in total. The topological polar surface area (TPSA) is 49.4 Å². The largest absolute Gasteiger partial charge is 0.312 e. The van der Waals surface area contributed by atoms with Crippen molar-refractivity contribution in [2.45, 2.75) is 64.5 Å². The third kappa shape index (κ3) is 7.11. The van der Waals surface area contributed by atoms with Crippen LogP contribution in [0.15, 0.2) is 0 Å². The lowest BCUT2D eigenvalue weighted by Gasteiger charge is -2.42. The molecule has 3 unspecified atom stereocenters. The third-order valence-electron chi connectivity index (χ3n) is 4.66. The Morgan fingerprint density at radius 2 is 1.90 bits per heavy atom. The molecule has 126 valence electrons. The van der Waals surface area contributed by atoms with E-state index in [1.807, 2.05) is 0 Å². The van der Waals surface area contributed by atoms with E-state index in [1.54, 1.807) is 0 Å². The second-order valence-corrected chi connectivity index (χ2v) is 8.97. The third-order valence-corrected chi connectivity index (χ3v) is 5.58. The SMILES string of the molecule is CCCNC1CCC(CCC)CC1N(C)CCS(C)(=O)=O. The van der Waals surface area contributed by atoms with Crippen molar-refractivity contribution in [2.24, 2.45) is 5.92 Å². The van der Waals surface area contributed by atoms with Crippen molar-refractivity contribution in [2.75, 3.05) is 32.1 Å². The van der Waals surface area contributed by atoms with Crippen LogP contribution < -0.4 is 5.32 Å². The Morgan fingerprint density at radius 3 is 2.48 bits per heavy atom. The maximum absolute atomic E-state index is 11.4. The number of hydrogen-bond acceptors (Lipinski definition) is 4. The molecule has 0 aromatic heterocycles. The van der Waals surface area contributed by atoms with Crippen molar-refractivity contribution in [1.82, 2.24) is 10.2 Å². The van der Waals surface area contributed by atoms with Crippen LogP contribution in [0.2, 0.25) is 0 Å². The lowest BCUT2D eigenvalue weighted by molar-refractivity contribution is 0.121. The molecule has 0 aromatic carbocycles. The van der Waals surface area contributed by atoms with Crippen LogP contribution in [0.25, 0.3) is 0 Å². The highest BCUT2D eigenvalue weighted by Crippen LogP contribution is 2.30. The van der Waals surface area contributed by atoms with Crippen molar-refractivity contribution in [3.8, 4) is 0 Å². The predicted octanol–water partition coefficient (Wildman–Crippen LogP) is 2.30. The average Bonchev–Trinajstić information content (AvgIpc) is 2.43. The van der Waals surface area contributed by atoms with Crippen molar-refractivity contribution < 1.29 is 8.42 Å². The molecule has 3 atom stereocenters. The number of rotatable bonds is 9. The normalized spacial score (nSPS) is 27.2. The van der Waals surface area contributed by atoms with Gasteiger partial charge in [0, 0.05) is 24.9 Å². The molecule has 1 fully saturated rings. The number of likely N-dealkylation sites (N-methyl/N-ethyl adjacent to an activating group) is 1. The highest BCUT2D eigenvalue weighted by molar-refractivity contribution is 7.90. The fourth-order valence-electron chi connectivity index (χ4n) is 3.43. The van der Waals surface area contributed by atoms with Gasteiger partial charge in [-0.3, -0.25) is 0 Å². The molecule has 21 heavy (non-hydrogen) atoms. The monoisotopic (exact) mass is 318 g/mol. The first-order valence-electron chi connectivity index (χ1n) is 8.48. The minimum absolute atomic E-state index is 0.263. The minimum atomic E-state index is -2.88. The second kappa shape index (κ2) is 9.11. The summed E-state index contributed by atoms with van der Waals surface area (Å²) in [5.74, 6) is 1.07. The summed E-state index contributed by atoms with van der Waals surface area (Å²) in [4.78, 5) is 2.27. The summed E-state index contributed by atoms with van der Waals surface area (Å²) in [7, 11) is -0.790. The van der Waals surface area contributed by atoms with Gasteiger partial charge in [-0.1, -0.05) is 26.7 Å². The van der Waals surface area contributed by atoms with Crippen molar-refractivity contribution in [1.29, 1.82) is 0 Å². The van der Waals surface area contributed by atoms with Gasteiger partial charge in [0.05, 0.1) is 5.75 Å². The van der Waals surface area contributed by atoms with Gasteiger partial charge in [0.2, 0.25) is 0 Å². The molecule has 0 aromatic rings. The van der Waals surface area contributed by atoms with Crippen LogP contribution in [0.3, 0.4) is 0 Å². The van der Waals surface area contributed by atoms with Crippen molar-refractivity contribution in [3.63, 3.8) is 0 Å². The molecule has 0 heterocycles. The zero-order chi connectivity index (χ0) is 15.9. The van der Waals surface area contributed by atoms with E-state index in [4.69, 9.17) is 0 Å². The van der Waals surface area contributed by atoms with Gasteiger partial charge in [0.25, 0.3) is 0 Å². The highest BCUT2D eigenvalue weighted by Gasteiger charge is 2.32. The standard InChI is InChI=1S/C16H34N2O2S/c1-5-7-14-8-9-15(17-10-6-2)16(13-14)18(3)11-12-21(4,19)20/h14-17H,5-13H2,1-4H3. The summed E-state index contributed by atoms with van der Waals surface area (Å²) in [6.45, 7) is 6.15. The summed E-state index contributed by atoms with van der Waals surface area (Å²) in [6, 6.07) is 0.992. The first kappa shape index (κ1) is 18.9. The van der Waals surface area contributed by atoms with Crippen LogP contribution >= 0.6 is 0 Å². The van der Waals surface area contributed by atoms with E-state index < -0.39 is 9.84 Å². The molecule has 0 spiro atoms. The Hall–Kier alpha value is -0.130. The van der Waals surface area contributed by atoms with Crippen LogP contribution in [0.4, 0.5) is 0 Å². The molecule has 1 aliphatic rings. The van der Waals surface area contributed by atoms with E-state index in [-0.39, 0.29) is 5.75 Å². The van der Waals surface area contributed by atoms with E-state index in [2.05, 4.69) is 31.1 Å². The Morgan fingerprint density at radius 1 is 1.19 bits per heavy atom. The van der Waals surface area contributed by atoms with Gasteiger partial charge in [0.15, 0.2) is 0 Å². The summed E-state index contributed by atoms with van der Waals surface area (Å²) >= 11 is 0. The highest BCUT2D eigenvalue weighted by atomic mass is 32.2. The van der Waals surface area contributed by atoms with Gasteiger partial charge < -0.3 is 10.2 Å². The summed E-state index contributed by atoms with van der Waals surface area (Å²) in [5.41, 5.74) is 0. The zero-order valence-electron chi connectivity index (χ0n) is 14.3. The molecule has 0 radical (unpaired) electrons. The van der Waals surface area contributed by atoms with Gasteiger partial charge in [-0.2, -0.15) is 0 Å². The van der Waals surface area contributed by atoms with Gasteiger partial charge in [-0.15, -0.1) is 0 Å². The summed E-state index contributed by atoms with van der Waals surface area (Å²) in [5, 5.41) is 3.67. The minimum Gasteiger partial charge on any atom is -0.312 e. The van der Waals surface area contributed by atoms with Crippen LogP contribution in [-0.4, -0.2) is 57.5 Å². The first-order valence-corrected chi connectivity index (χ1v) is 10.5. The molecule has 4 nitrogen and oxygen atoms in total. The zero-order valence-corrected chi connectivity index (χ0v) is 15.1. The second-order valence-electron chi connectivity index (χ2n) is 6.71. The van der Waals surface area contributed by atoms with E-state index >= 15 is 0 Å². The molecule has 1 aliphatic carbocycles. The van der Waals surface area contributed by atoms with E-state index in [9.17, 15) is 8.42 Å². The smallest absolute Gasteiger partial charge is 0.148 e. The molecule has 0 saturated heterocycles. The summed E-state index contributed by atoms with van der Waals surface area (Å²) in [6.07, 6.45) is 8.76. The van der Waals surface area contributed by atoms with Crippen LogP contribution in [0.5, 0.6) is 0 Å². The molecule has 5 heteroatoms. The van der Waals surface area contributed by atoms with Gasteiger partial charge in [0.1, 0.15) is 9.84 Å². The van der Waals surface area contributed by atoms with Gasteiger partial charge >= 0.3 is 0 Å². The Kier molecular flexibility index (Phi) is 8.21. The molecule has 0 aliphatic heterocycles. The Labute approximate surface area is 131 Å². The molecule has 1 saturated carbocycles. The maximum atomic E-state index is 11.4. The molecular formula is C16H34N2O2S. The Balaban J connectivity index is 2.63. The predicted molar refractivity (Wildman–Crippen MR) is 90.5 cm³/mol. The average molecular weight is 319 g/mol. The fourth-order valence-corrected chi connectivity index (χ4v) is 4.05. The first-order chi connectivity index (χ1) is 9.87. The molecular weight excluding hydrogens is 284 g/mol. The fraction of sp³-hybridized carbons (Fsp3) is 1.00. The maximum Gasteiger partial charge on any atom is 0.148 e. The van der Waals surface area contributed by atoms with Crippen molar-refractivity contribution >= 4 is 9.84 Å². The molecule has 0 bridgehead atoms. The number of nitrogens with one attached hydrogen (secondary N) is 1. The van der Waals surface area contributed by atoms with Crippen LogP contribution in [0.1, 0.15) is 52.4 Å². The van der Waals surface area contributed by atoms with Crippen LogP contribution in [0, 0.1) is 5.92 Å². The Bertz CT molecular complexity index is 384. The quantitative estimate of drug-likeness (QED) is 0.709. The number of nitrogens with zero attached hydrogens (tertiary/aromatic N) is 1. The lowest BCUT2D eigenvalue weighted by Crippen LogP contribution is -2.53. The van der Waals surface area contributed by atoms with Crippen LogP contribution in [-0.2, 0) is 9.84 Å². The van der Waals surface area contributed by atoms with Crippen molar-refractivity contribution in [3.05, 3.63) is 0 Å². The molecule has 1 rings (SSSR count). The van der Waals surface area contributed by atoms with E-state index in [1.165, 1.54) is 38.4 Å². The summed E-state index contributed by atoms with van der Waals surface area (Å²) < 4.78 is 22.8. The van der Waals surface area contributed by atoms with E-state index in [0.29, 0.717) is 18.6 Å². The van der Waals surface area contributed by atoms with Gasteiger partial charge in [-0.05, 0) is 45.2 Å². The number of sulfone groups is 1. The molecule has 0 amide bonds. The number of hydrogen-bond donors (Lipinski definition) is 1. The van der Waals surface area contributed by atoms with E-state index in [0.717, 1.165) is 18.9 Å². The van der Waals surface area contributed by atoms with Gasteiger partial charge in [-0.25, -0.2) is 8.42 Å².